The molecule has 1 amide bonds. The van der Waals surface area contributed by atoms with E-state index in [1.807, 2.05) is 11.8 Å². The van der Waals surface area contributed by atoms with Crippen molar-refractivity contribution in [2.45, 2.75) is 58.5 Å². The van der Waals surface area contributed by atoms with Crippen LogP contribution in [0.15, 0.2) is 0 Å². The highest BCUT2D eigenvalue weighted by Gasteiger charge is 2.31. The van der Waals surface area contributed by atoms with Crippen molar-refractivity contribution in [2.75, 3.05) is 26.3 Å². The number of hydrogen-bond acceptors (Lipinski definition) is 3. The first-order valence-electron chi connectivity index (χ1n) is 8.22. The van der Waals surface area contributed by atoms with Gasteiger partial charge in [0.2, 0.25) is 5.91 Å². The Balaban J connectivity index is 1.88. The second-order valence-electron chi connectivity index (χ2n) is 6.62. The molecule has 0 aromatic heterocycles. The Kier molecular flexibility index (Phi) is 5.85. The number of carbonyl (C=O) groups excluding carboxylic acids is 1. The van der Waals surface area contributed by atoms with Gasteiger partial charge in [-0.1, -0.05) is 26.7 Å². The van der Waals surface area contributed by atoms with Gasteiger partial charge in [-0.05, 0) is 31.6 Å². The Morgan fingerprint density at radius 2 is 1.80 bits per heavy atom. The van der Waals surface area contributed by atoms with Crippen LogP contribution in [0.3, 0.4) is 0 Å². The molecule has 2 rings (SSSR count). The van der Waals surface area contributed by atoms with Crippen molar-refractivity contribution in [2.24, 2.45) is 11.8 Å². The normalized spacial score (nSPS) is 29.5. The molecule has 1 N–H and O–H groups in total. The molecule has 1 saturated carbocycles. The lowest BCUT2D eigenvalue weighted by Crippen LogP contribution is -2.53. The maximum absolute atomic E-state index is 12.5. The third-order valence-corrected chi connectivity index (χ3v) is 4.83. The van der Waals surface area contributed by atoms with Gasteiger partial charge >= 0.3 is 0 Å². The average Bonchev–Trinajstić information content (AvgIpc) is 2.47. The molecule has 0 aromatic rings. The topological polar surface area (TPSA) is 41.6 Å². The highest BCUT2D eigenvalue weighted by Crippen LogP contribution is 2.30. The van der Waals surface area contributed by atoms with Gasteiger partial charge in [-0.15, -0.1) is 0 Å². The molecule has 1 aliphatic heterocycles. The van der Waals surface area contributed by atoms with Crippen LogP contribution in [-0.2, 0) is 9.53 Å². The Morgan fingerprint density at radius 1 is 1.15 bits per heavy atom. The molecule has 1 aliphatic carbocycles. The zero-order valence-electron chi connectivity index (χ0n) is 13.2. The smallest absolute Gasteiger partial charge is 0.239 e. The van der Waals surface area contributed by atoms with Gasteiger partial charge in [0, 0.05) is 19.1 Å². The molecule has 0 spiro atoms. The van der Waals surface area contributed by atoms with Crippen molar-refractivity contribution >= 4 is 5.91 Å². The van der Waals surface area contributed by atoms with Crippen LogP contribution in [0.5, 0.6) is 0 Å². The quantitative estimate of drug-likeness (QED) is 0.858. The standard InChI is InChI=1S/C16H30N2O2/c1-12(2)14-6-4-5-7-15(14)17-13(3)16(19)18-8-10-20-11-9-18/h12-15,17H,4-11H2,1-3H3. The van der Waals surface area contributed by atoms with Crippen LogP contribution in [0.4, 0.5) is 0 Å². The minimum atomic E-state index is -0.0718. The summed E-state index contributed by atoms with van der Waals surface area (Å²) >= 11 is 0. The second kappa shape index (κ2) is 7.41. The van der Waals surface area contributed by atoms with Gasteiger partial charge in [0.15, 0.2) is 0 Å². The van der Waals surface area contributed by atoms with Crippen LogP contribution in [0, 0.1) is 11.8 Å². The number of morpholine rings is 1. The van der Waals surface area contributed by atoms with Crippen molar-refractivity contribution in [3.05, 3.63) is 0 Å². The zero-order chi connectivity index (χ0) is 14.5. The largest absolute Gasteiger partial charge is 0.378 e. The molecule has 20 heavy (non-hydrogen) atoms. The van der Waals surface area contributed by atoms with Gasteiger partial charge < -0.3 is 15.0 Å². The summed E-state index contributed by atoms with van der Waals surface area (Å²) in [5, 5.41) is 3.62. The molecule has 0 aromatic carbocycles. The Morgan fingerprint density at radius 3 is 2.45 bits per heavy atom. The fourth-order valence-corrected chi connectivity index (χ4v) is 3.61. The van der Waals surface area contributed by atoms with Crippen LogP contribution in [0.1, 0.15) is 46.5 Å². The summed E-state index contributed by atoms with van der Waals surface area (Å²) in [5.74, 6) is 1.64. The van der Waals surface area contributed by atoms with E-state index in [0.717, 1.165) is 13.1 Å². The molecule has 4 heteroatoms. The van der Waals surface area contributed by atoms with Crippen molar-refractivity contribution in [3.8, 4) is 0 Å². The molecule has 3 unspecified atom stereocenters. The summed E-state index contributed by atoms with van der Waals surface area (Å²) in [6, 6.07) is 0.432. The summed E-state index contributed by atoms with van der Waals surface area (Å²) < 4.78 is 5.31. The number of ether oxygens (including phenoxy) is 1. The van der Waals surface area contributed by atoms with Gasteiger partial charge in [0.25, 0.3) is 0 Å². The predicted molar refractivity (Wildman–Crippen MR) is 80.6 cm³/mol. The SMILES string of the molecule is CC(NC1CCCCC1C(C)C)C(=O)N1CCOCC1. The number of rotatable bonds is 4. The predicted octanol–water partition coefficient (Wildman–Crippen LogP) is 2.04. The van der Waals surface area contributed by atoms with Crippen LogP contribution < -0.4 is 5.32 Å². The van der Waals surface area contributed by atoms with E-state index in [1.165, 1.54) is 25.7 Å². The lowest BCUT2D eigenvalue weighted by Gasteiger charge is -2.38. The molecule has 0 radical (unpaired) electrons. The molecule has 3 atom stereocenters. The molecule has 2 fully saturated rings. The highest BCUT2D eigenvalue weighted by atomic mass is 16.5. The summed E-state index contributed by atoms with van der Waals surface area (Å²) in [5.41, 5.74) is 0. The molecule has 4 nitrogen and oxygen atoms in total. The fraction of sp³-hybridized carbons (Fsp3) is 0.938. The van der Waals surface area contributed by atoms with E-state index in [1.54, 1.807) is 0 Å². The zero-order valence-corrected chi connectivity index (χ0v) is 13.2. The van der Waals surface area contributed by atoms with Crippen LogP contribution >= 0.6 is 0 Å². The molecule has 1 heterocycles. The minimum absolute atomic E-state index is 0.0718. The first kappa shape index (κ1) is 15.8. The monoisotopic (exact) mass is 282 g/mol. The summed E-state index contributed by atoms with van der Waals surface area (Å²) in [7, 11) is 0. The summed E-state index contributed by atoms with van der Waals surface area (Å²) in [4.78, 5) is 14.4. The number of hydrogen-bond donors (Lipinski definition) is 1. The molecule has 1 saturated heterocycles. The third kappa shape index (κ3) is 3.95. The van der Waals surface area contributed by atoms with Crippen LogP contribution in [0.2, 0.25) is 0 Å². The van der Waals surface area contributed by atoms with Crippen molar-refractivity contribution in [1.29, 1.82) is 0 Å². The highest BCUT2D eigenvalue weighted by molar-refractivity contribution is 5.81. The van der Waals surface area contributed by atoms with E-state index in [4.69, 9.17) is 4.74 Å². The number of nitrogens with one attached hydrogen (secondary N) is 1. The van der Waals surface area contributed by atoms with E-state index >= 15 is 0 Å². The summed E-state index contributed by atoms with van der Waals surface area (Å²) in [6.07, 6.45) is 5.14. The van der Waals surface area contributed by atoms with Crippen LogP contribution in [-0.4, -0.2) is 49.2 Å². The van der Waals surface area contributed by atoms with E-state index in [0.29, 0.717) is 31.1 Å². The van der Waals surface area contributed by atoms with Crippen LogP contribution in [0.25, 0.3) is 0 Å². The van der Waals surface area contributed by atoms with Crippen molar-refractivity contribution < 1.29 is 9.53 Å². The summed E-state index contributed by atoms with van der Waals surface area (Å²) in [6.45, 7) is 9.46. The first-order valence-corrected chi connectivity index (χ1v) is 8.22. The first-order chi connectivity index (χ1) is 9.59. The lowest BCUT2D eigenvalue weighted by molar-refractivity contribution is -0.137. The maximum Gasteiger partial charge on any atom is 0.239 e. The van der Waals surface area contributed by atoms with Crippen molar-refractivity contribution in [1.82, 2.24) is 10.2 Å². The third-order valence-electron chi connectivity index (χ3n) is 4.83. The Bertz CT molecular complexity index is 314. The van der Waals surface area contributed by atoms with Gasteiger partial charge in [-0.25, -0.2) is 0 Å². The average molecular weight is 282 g/mol. The van der Waals surface area contributed by atoms with E-state index in [9.17, 15) is 4.79 Å². The minimum Gasteiger partial charge on any atom is -0.378 e. The van der Waals surface area contributed by atoms with Crippen molar-refractivity contribution in [3.63, 3.8) is 0 Å². The molecular weight excluding hydrogens is 252 g/mol. The number of carbonyl (C=O) groups is 1. The van der Waals surface area contributed by atoms with Gasteiger partial charge in [-0.3, -0.25) is 4.79 Å². The maximum atomic E-state index is 12.5. The Labute approximate surface area is 123 Å². The van der Waals surface area contributed by atoms with Gasteiger partial charge in [0.1, 0.15) is 0 Å². The fourth-order valence-electron chi connectivity index (χ4n) is 3.61. The van der Waals surface area contributed by atoms with Gasteiger partial charge in [-0.2, -0.15) is 0 Å². The number of amides is 1. The molecule has 0 bridgehead atoms. The lowest BCUT2D eigenvalue weighted by atomic mass is 9.77. The van der Waals surface area contributed by atoms with E-state index < -0.39 is 0 Å². The van der Waals surface area contributed by atoms with E-state index in [-0.39, 0.29) is 11.9 Å². The Hall–Kier alpha value is -0.610. The number of nitrogens with zero attached hydrogens (tertiary/aromatic N) is 1. The van der Waals surface area contributed by atoms with E-state index in [2.05, 4.69) is 19.2 Å². The second-order valence-corrected chi connectivity index (χ2v) is 6.62. The molecule has 2 aliphatic rings. The molecular formula is C16H30N2O2. The molecule has 116 valence electrons. The van der Waals surface area contributed by atoms with Gasteiger partial charge in [0.05, 0.1) is 19.3 Å².